The summed E-state index contributed by atoms with van der Waals surface area (Å²) in [5, 5.41) is 3.39. The van der Waals surface area contributed by atoms with Gasteiger partial charge in [0.05, 0.1) is 12.8 Å². The lowest BCUT2D eigenvalue weighted by molar-refractivity contribution is 0.415. The molecule has 4 nitrogen and oxygen atoms in total. The van der Waals surface area contributed by atoms with Crippen LogP contribution in [0.25, 0.3) is 11.3 Å². The van der Waals surface area contributed by atoms with E-state index in [0.29, 0.717) is 0 Å². The maximum Gasteiger partial charge on any atom is 0.133 e. The van der Waals surface area contributed by atoms with Crippen molar-refractivity contribution < 1.29 is 4.74 Å². The lowest BCUT2D eigenvalue weighted by atomic mass is 10.1. The Labute approximate surface area is 126 Å². The van der Waals surface area contributed by atoms with E-state index in [2.05, 4.69) is 31.1 Å². The summed E-state index contributed by atoms with van der Waals surface area (Å²) in [6.45, 7) is 7.21. The summed E-state index contributed by atoms with van der Waals surface area (Å²) in [5.41, 5.74) is 3.17. The van der Waals surface area contributed by atoms with E-state index in [0.717, 1.165) is 53.6 Å². The number of aryl methyl sites for hydroxylation is 1. The number of anilines is 1. The van der Waals surface area contributed by atoms with Gasteiger partial charge in [0, 0.05) is 24.1 Å². The van der Waals surface area contributed by atoms with Crippen LogP contribution in [0.1, 0.15) is 31.7 Å². The number of ether oxygens (including phenoxy) is 1. The second-order valence-electron chi connectivity index (χ2n) is 4.97. The molecule has 1 N–H and O–H groups in total. The first-order valence-corrected chi connectivity index (χ1v) is 7.45. The van der Waals surface area contributed by atoms with Crippen LogP contribution in [-0.2, 0) is 6.42 Å². The van der Waals surface area contributed by atoms with E-state index in [1.54, 1.807) is 7.11 Å². The predicted octanol–water partition coefficient (Wildman–Crippen LogP) is 3.84. The zero-order valence-corrected chi connectivity index (χ0v) is 13.2. The van der Waals surface area contributed by atoms with Gasteiger partial charge in [-0.25, -0.2) is 9.97 Å². The predicted molar refractivity (Wildman–Crippen MR) is 86.9 cm³/mol. The Morgan fingerprint density at radius 1 is 1.10 bits per heavy atom. The van der Waals surface area contributed by atoms with Crippen LogP contribution < -0.4 is 10.1 Å². The Bertz CT molecular complexity index is 594. The molecule has 0 fully saturated rings. The lowest BCUT2D eigenvalue weighted by Gasteiger charge is -2.13. The topological polar surface area (TPSA) is 47.0 Å². The van der Waals surface area contributed by atoms with Gasteiger partial charge in [-0.1, -0.05) is 13.8 Å². The van der Waals surface area contributed by atoms with Crippen LogP contribution in [0.2, 0.25) is 0 Å². The van der Waals surface area contributed by atoms with Crippen molar-refractivity contribution in [1.82, 2.24) is 9.97 Å². The molecule has 4 heteroatoms. The monoisotopic (exact) mass is 285 g/mol. The molecule has 0 saturated heterocycles. The van der Waals surface area contributed by atoms with Crippen LogP contribution in [0.3, 0.4) is 0 Å². The van der Waals surface area contributed by atoms with Gasteiger partial charge >= 0.3 is 0 Å². The number of methoxy groups -OCH3 is 1. The fourth-order valence-corrected chi connectivity index (χ4v) is 2.17. The third-order valence-corrected chi connectivity index (χ3v) is 3.41. The number of rotatable bonds is 6. The molecule has 1 aromatic heterocycles. The molecule has 0 saturated carbocycles. The summed E-state index contributed by atoms with van der Waals surface area (Å²) < 4.78 is 5.21. The minimum absolute atomic E-state index is 0.824. The standard InChI is InChI=1S/C17H23N3O/c1-5-11-18-17-12(3)16(19-15(6-2)20-17)13-7-9-14(21-4)10-8-13/h7-10H,5-6,11H2,1-4H3,(H,18,19,20). The molecule has 0 bridgehead atoms. The van der Waals surface area contributed by atoms with Gasteiger partial charge in [-0.2, -0.15) is 0 Å². The maximum absolute atomic E-state index is 5.21. The van der Waals surface area contributed by atoms with E-state index >= 15 is 0 Å². The van der Waals surface area contributed by atoms with Gasteiger partial charge in [-0.15, -0.1) is 0 Å². The summed E-state index contributed by atoms with van der Waals surface area (Å²) in [6, 6.07) is 8.00. The minimum Gasteiger partial charge on any atom is -0.497 e. The van der Waals surface area contributed by atoms with Crippen LogP contribution in [0, 0.1) is 6.92 Å². The number of hydrogen-bond donors (Lipinski definition) is 1. The van der Waals surface area contributed by atoms with Gasteiger partial charge in [0.2, 0.25) is 0 Å². The Hall–Kier alpha value is -2.10. The third-order valence-electron chi connectivity index (χ3n) is 3.41. The highest BCUT2D eigenvalue weighted by molar-refractivity contribution is 5.68. The van der Waals surface area contributed by atoms with Crippen molar-refractivity contribution in [3.05, 3.63) is 35.7 Å². The molecule has 0 aliphatic heterocycles. The summed E-state index contributed by atoms with van der Waals surface area (Å²) in [4.78, 5) is 9.29. The highest BCUT2D eigenvalue weighted by Crippen LogP contribution is 2.27. The van der Waals surface area contributed by atoms with Crippen LogP contribution in [0.4, 0.5) is 5.82 Å². The van der Waals surface area contributed by atoms with E-state index in [1.807, 2.05) is 24.3 Å². The normalized spacial score (nSPS) is 10.5. The molecule has 0 radical (unpaired) electrons. The molecule has 0 amide bonds. The van der Waals surface area contributed by atoms with E-state index in [4.69, 9.17) is 9.72 Å². The SMILES string of the molecule is CCCNc1nc(CC)nc(-c2ccc(OC)cc2)c1C. The number of nitrogens with zero attached hydrogens (tertiary/aromatic N) is 2. The highest BCUT2D eigenvalue weighted by Gasteiger charge is 2.11. The van der Waals surface area contributed by atoms with Crippen molar-refractivity contribution in [2.45, 2.75) is 33.6 Å². The number of hydrogen-bond acceptors (Lipinski definition) is 4. The molecular formula is C17H23N3O. The average Bonchev–Trinajstić information content (AvgIpc) is 2.54. The fourth-order valence-electron chi connectivity index (χ4n) is 2.17. The van der Waals surface area contributed by atoms with E-state index in [-0.39, 0.29) is 0 Å². The molecule has 0 aliphatic carbocycles. The Morgan fingerprint density at radius 2 is 1.81 bits per heavy atom. The Kier molecular flexibility index (Phi) is 5.14. The van der Waals surface area contributed by atoms with Crippen LogP contribution in [0.5, 0.6) is 5.75 Å². The molecule has 0 spiro atoms. The molecule has 112 valence electrons. The Balaban J connectivity index is 2.44. The number of aromatic nitrogens is 2. The lowest BCUT2D eigenvalue weighted by Crippen LogP contribution is -2.08. The first-order chi connectivity index (χ1) is 10.2. The van der Waals surface area contributed by atoms with E-state index in [1.165, 1.54) is 0 Å². The van der Waals surface area contributed by atoms with Crippen molar-refractivity contribution in [1.29, 1.82) is 0 Å². The van der Waals surface area contributed by atoms with Gasteiger partial charge in [0.1, 0.15) is 17.4 Å². The second kappa shape index (κ2) is 7.07. The molecule has 0 unspecified atom stereocenters. The van der Waals surface area contributed by atoms with Gasteiger partial charge in [0.15, 0.2) is 0 Å². The van der Waals surface area contributed by atoms with E-state index < -0.39 is 0 Å². The van der Waals surface area contributed by atoms with Gasteiger partial charge < -0.3 is 10.1 Å². The second-order valence-corrected chi connectivity index (χ2v) is 4.97. The molecule has 2 rings (SSSR count). The van der Waals surface area contributed by atoms with Crippen molar-refractivity contribution in [2.75, 3.05) is 19.0 Å². The zero-order chi connectivity index (χ0) is 15.2. The first-order valence-electron chi connectivity index (χ1n) is 7.45. The molecule has 2 aromatic rings. The molecule has 0 aliphatic rings. The number of nitrogens with one attached hydrogen (secondary N) is 1. The summed E-state index contributed by atoms with van der Waals surface area (Å²) in [5.74, 6) is 2.66. The quantitative estimate of drug-likeness (QED) is 0.876. The third kappa shape index (κ3) is 3.51. The maximum atomic E-state index is 5.21. The van der Waals surface area contributed by atoms with Crippen LogP contribution in [0.15, 0.2) is 24.3 Å². The molecule has 1 aromatic carbocycles. The highest BCUT2D eigenvalue weighted by atomic mass is 16.5. The van der Waals surface area contributed by atoms with E-state index in [9.17, 15) is 0 Å². The Morgan fingerprint density at radius 3 is 2.38 bits per heavy atom. The van der Waals surface area contributed by atoms with Crippen LogP contribution in [-0.4, -0.2) is 23.6 Å². The van der Waals surface area contributed by atoms with Gasteiger partial charge in [-0.3, -0.25) is 0 Å². The molecular weight excluding hydrogens is 262 g/mol. The van der Waals surface area contributed by atoms with Crippen molar-refractivity contribution in [3.63, 3.8) is 0 Å². The summed E-state index contributed by atoms with van der Waals surface area (Å²) >= 11 is 0. The van der Waals surface area contributed by atoms with Gasteiger partial charge in [-0.05, 0) is 37.6 Å². The molecule has 21 heavy (non-hydrogen) atoms. The van der Waals surface area contributed by atoms with Crippen molar-refractivity contribution in [2.24, 2.45) is 0 Å². The van der Waals surface area contributed by atoms with Crippen molar-refractivity contribution in [3.8, 4) is 17.0 Å². The largest absolute Gasteiger partial charge is 0.497 e. The minimum atomic E-state index is 0.824. The zero-order valence-electron chi connectivity index (χ0n) is 13.2. The van der Waals surface area contributed by atoms with Crippen molar-refractivity contribution >= 4 is 5.82 Å². The average molecular weight is 285 g/mol. The van der Waals surface area contributed by atoms with Crippen LogP contribution >= 0.6 is 0 Å². The first kappa shape index (κ1) is 15.3. The fraction of sp³-hybridized carbons (Fsp3) is 0.412. The summed E-state index contributed by atoms with van der Waals surface area (Å²) in [7, 11) is 1.67. The molecule has 1 heterocycles. The summed E-state index contributed by atoms with van der Waals surface area (Å²) in [6.07, 6.45) is 1.90. The smallest absolute Gasteiger partial charge is 0.133 e. The van der Waals surface area contributed by atoms with Gasteiger partial charge in [0.25, 0.3) is 0 Å². The molecule has 0 atom stereocenters. The number of benzene rings is 1.